The molecular formula is C14H24F6O2. The Balaban J connectivity index is 4.31. The van der Waals surface area contributed by atoms with Gasteiger partial charge < -0.3 is 9.47 Å². The Morgan fingerprint density at radius 3 is 1.59 bits per heavy atom. The summed E-state index contributed by atoms with van der Waals surface area (Å²) >= 11 is 0. The molecule has 8 heteroatoms. The highest BCUT2D eigenvalue weighted by atomic mass is 19.4. The highest BCUT2D eigenvalue weighted by Gasteiger charge is 2.33. The van der Waals surface area contributed by atoms with Gasteiger partial charge in [-0.05, 0) is 11.8 Å². The van der Waals surface area contributed by atoms with Crippen molar-refractivity contribution >= 4 is 0 Å². The Morgan fingerprint density at radius 2 is 1.23 bits per heavy atom. The van der Waals surface area contributed by atoms with Gasteiger partial charge in [0.05, 0.1) is 0 Å². The first-order valence-electron chi connectivity index (χ1n) is 7.25. The van der Waals surface area contributed by atoms with Gasteiger partial charge in [-0.15, -0.1) is 0 Å². The number of hydrogen-bond acceptors (Lipinski definition) is 2. The highest BCUT2D eigenvalue weighted by molar-refractivity contribution is 4.60. The Morgan fingerprint density at radius 1 is 0.773 bits per heavy atom. The largest absolute Gasteiger partial charge is 0.411 e. The lowest BCUT2D eigenvalue weighted by molar-refractivity contribution is -0.262. The first kappa shape index (κ1) is 21.5. The van der Waals surface area contributed by atoms with Gasteiger partial charge in [0, 0.05) is 6.42 Å². The molecule has 0 saturated heterocycles. The fourth-order valence-corrected chi connectivity index (χ4v) is 1.88. The van der Waals surface area contributed by atoms with E-state index in [0.717, 1.165) is 12.8 Å². The molecular weight excluding hydrogens is 314 g/mol. The van der Waals surface area contributed by atoms with Crippen molar-refractivity contribution in [3.05, 3.63) is 0 Å². The predicted octanol–water partition coefficient (Wildman–Crippen LogP) is 5.32. The Labute approximate surface area is 127 Å². The number of ether oxygens (including phenoxy) is 2. The van der Waals surface area contributed by atoms with Gasteiger partial charge in [-0.3, -0.25) is 0 Å². The van der Waals surface area contributed by atoms with Crippen LogP contribution in [0.15, 0.2) is 0 Å². The van der Waals surface area contributed by atoms with E-state index in [-0.39, 0.29) is 12.3 Å². The van der Waals surface area contributed by atoms with Gasteiger partial charge in [-0.2, -0.15) is 26.3 Å². The van der Waals surface area contributed by atoms with Gasteiger partial charge in [-0.25, -0.2) is 0 Å². The third-order valence-electron chi connectivity index (χ3n) is 2.94. The Kier molecular flexibility index (Phi) is 9.38. The fourth-order valence-electron chi connectivity index (χ4n) is 1.88. The highest BCUT2D eigenvalue weighted by Crippen LogP contribution is 2.23. The van der Waals surface area contributed by atoms with Gasteiger partial charge in [0.2, 0.25) is 0 Å². The zero-order chi connectivity index (χ0) is 17.4. The minimum absolute atomic E-state index is 0.00422. The lowest BCUT2D eigenvalue weighted by atomic mass is 9.97. The van der Waals surface area contributed by atoms with Crippen LogP contribution in [-0.2, 0) is 9.47 Å². The summed E-state index contributed by atoms with van der Waals surface area (Å²) in [5.41, 5.74) is 0. The summed E-state index contributed by atoms with van der Waals surface area (Å²) in [6, 6.07) is 0. The van der Waals surface area contributed by atoms with E-state index >= 15 is 0 Å². The summed E-state index contributed by atoms with van der Waals surface area (Å²) in [5.74, 6) is 0.427. The third-order valence-corrected chi connectivity index (χ3v) is 2.94. The molecule has 1 unspecified atom stereocenters. The van der Waals surface area contributed by atoms with Crippen molar-refractivity contribution in [2.75, 3.05) is 13.2 Å². The molecule has 0 aromatic rings. The van der Waals surface area contributed by atoms with Crippen LogP contribution < -0.4 is 0 Å². The SMILES string of the molecule is CC(C)CCCC(C)CC(OCC(F)(F)F)OCC(F)(F)F. The van der Waals surface area contributed by atoms with Crippen LogP contribution in [0, 0.1) is 11.8 Å². The quantitative estimate of drug-likeness (QED) is 0.396. The van der Waals surface area contributed by atoms with Crippen molar-refractivity contribution in [3.8, 4) is 0 Å². The van der Waals surface area contributed by atoms with Crippen molar-refractivity contribution < 1.29 is 35.8 Å². The molecule has 0 saturated carbocycles. The van der Waals surface area contributed by atoms with Crippen LogP contribution in [0.2, 0.25) is 0 Å². The van der Waals surface area contributed by atoms with Crippen LogP contribution in [0.4, 0.5) is 26.3 Å². The van der Waals surface area contributed by atoms with Crippen molar-refractivity contribution in [2.45, 2.75) is 65.1 Å². The van der Waals surface area contributed by atoms with Crippen LogP contribution >= 0.6 is 0 Å². The fraction of sp³-hybridized carbons (Fsp3) is 1.00. The van der Waals surface area contributed by atoms with Crippen LogP contribution in [0.25, 0.3) is 0 Å². The van der Waals surface area contributed by atoms with E-state index in [9.17, 15) is 26.3 Å². The summed E-state index contributed by atoms with van der Waals surface area (Å²) in [5, 5.41) is 0. The second kappa shape index (κ2) is 9.60. The smallest absolute Gasteiger partial charge is 0.343 e. The molecule has 0 N–H and O–H groups in total. The second-order valence-electron chi connectivity index (χ2n) is 5.95. The molecule has 0 aliphatic rings. The van der Waals surface area contributed by atoms with Gasteiger partial charge in [0.25, 0.3) is 0 Å². The average molecular weight is 338 g/mol. The van der Waals surface area contributed by atoms with Crippen molar-refractivity contribution in [2.24, 2.45) is 11.8 Å². The molecule has 134 valence electrons. The number of rotatable bonds is 10. The Hall–Kier alpha value is -0.500. The maximum absolute atomic E-state index is 12.1. The normalized spacial score (nSPS) is 14.9. The molecule has 0 radical (unpaired) electrons. The van der Waals surface area contributed by atoms with Crippen LogP contribution in [0.3, 0.4) is 0 Å². The zero-order valence-corrected chi connectivity index (χ0v) is 13.1. The van der Waals surface area contributed by atoms with Gasteiger partial charge in [-0.1, -0.05) is 40.0 Å². The maximum Gasteiger partial charge on any atom is 0.411 e. The van der Waals surface area contributed by atoms with Crippen LogP contribution in [0.5, 0.6) is 0 Å². The third kappa shape index (κ3) is 14.4. The number of hydrogen-bond donors (Lipinski definition) is 0. The summed E-state index contributed by atoms with van der Waals surface area (Å²) in [6.45, 7) is 2.63. The van der Waals surface area contributed by atoms with Gasteiger partial charge >= 0.3 is 12.4 Å². The first-order valence-corrected chi connectivity index (χ1v) is 7.25. The standard InChI is InChI=1S/C14H24F6O2/c1-10(2)5-4-6-11(3)7-12(21-8-13(15,16)17)22-9-14(18,19)20/h10-12H,4-9H2,1-3H3. The van der Waals surface area contributed by atoms with Crippen LogP contribution in [-0.4, -0.2) is 31.9 Å². The molecule has 0 rings (SSSR count). The molecule has 0 aromatic heterocycles. The van der Waals surface area contributed by atoms with Crippen LogP contribution in [0.1, 0.15) is 46.5 Å². The van der Waals surface area contributed by atoms with E-state index in [1.54, 1.807) is 6.92 Å². The summed E-state index contributed by atoms with van der Waals surface area (Å²) < 4.78 is 81.6. The molecule has 0 aromatic carbocycles. The van der Waals surface area contributed by atoms with Gasteiger partial charge in [0.1, 0.15) is 13.2 Å². The summed E-state index contributed by atoms with van der Waals surface area (Å²) in [4.78, 5) is 0. The van der Waals surface area contributed by atoms with Gasteiger partial charge in [0.15, 0.2) is 6.29 Å². The zero-order valence-electron chi connectivity index (χ0n) is 13.1. The molecule has 1 atom stereocenters. The maximum atomic E-state index is 12.1. The number of halogens is 6. The van der Waals surface area contributed by atoms with E-state index < -0.39 is 31.9 Å². The van der Waals surface area contributed by atoms with Crippen molar-refractivity contribution in [1.82, 2.24) is 0 Å². The summed E-state index contributed by atoms with van der Waals surface area (Å²) in [7, 11) is 0. The molecule has 0 aliphatic carbocycles. The lowest BCUT2D eigenvalue weighted by Crippen LogP contribution is -2.30. The second-order valence-corrected chi connectivity index (χ2v) is 5.95. The molecule has 0 spiro atoms. The van der Waals surface area contributed by atoms with E-state index in [0.29, 0.717) is 12.3 Å². The van der Waals surface area contributed by atoms with Crippen molar-refractivity contribution in [3.63, 3.8) is 0 Å². The number of alkyl halides is 6. The monoisotopic (exact) mass is 338 g/mol. The van der Waals surface area contributed by atoms with E-state index in [2.05, 4.69) is 9.47 Å². The van der Waals surface area contributed by atoms with Crippen molar-refractivity contribution in [1.29, 1.82) is 0 Å². The molecule has 0 fully saturated rings. The lowest BCUT2D eigenvalue weighted by Gasteiger charge is -2.23. The first-order chi connectivity index (χ1) is 9.89. The minimum atomic E-state index is -4.60. The molecule has 0 bridgehead atoms. The molecule has 0 aliphatic heterocycles. The predicted molar refractivity (Wildman–Crippen MR) is 70.3 cm³/mol. The average Bonchev–Trinajstić information content (AvgIpc) is 2.30. The van der Waals surface area contributed by atoms with E-state index in [1.165, 1.54) is 0 Å². The molecule has 0 amide bonds. The molecule has 2 nitrogen and oxygen atoms in total. The van der Waals surface area contributed by atoms with E-state index in [1.807, 2.05) is 13.8 Å². The molecule has 22 heavy (non-hydrogen) atoms. The topological polar surface area (TPSA) is 18.5 Å². The minimum Gasteiger partial charge on any atom is -0.343 e. The van der Waals surface area contributed by atoms with E-state index in [4.69, 9.17) is 0 Å². The molecule has 0 heterocycles. The Bertz CT molecular complexity index is 270. The summed E-state index contributed by atoms with van der Waals surface area (Å²) in [6.07, 6.45) is -8.16.